The zero-order chi connectivity index (χ0) is 10.6. The van der Waals surface area contributed by atoms with E-state index in [2.05, 4.69) is 0 Å². The summed E-state index contributed by atoms with van der Waals surface area (Å²) < 4.78 is 4.91. The van der Waals surface area contributed by atoms with Gasteiger partial charge in [0.15, 0.2) is 0 Å². The number of carbonyl (C=O) groups is 1. The van der Waals surface area contributed by atoms with Gasteiger partial charge in [-0.05, 0) is 13.0 Å². The van der Waals surface area contributed by atoms with Gasteiger partial charge in [-0.25, -0.2) is 0 Å². The van der Waals surface area contributed by atoms with Crippen molar-refractivity contribution in [3.8, 4) is 0 Å². The van der Waals surface area contributed by atoms with E-state index < -0.39 is 0 Å². The lowest BCUT2D eigenvalue weighted by molar-refractivity contribution is -0.130. The van der Waals surface area contributed by atoms with Gasteiger partial charge < -0.3 is 15.1 Å². The third kappa shape index (κ3) is 3.22. The van der Waals surface area contributed by atoms with Gasteiger partial charge in [0.25, 0.3) is 0 Å². The number of rotatable bonds is 4. The van der Waals surface area contributed by atoms with Crippen LogP contribution in [0.3, 0.4) is 0 Å². The standard InChI is InChI=1S/C10H16N2O2/c1-8(11)5-10(13)12(2)6-9-3-4-14-7-9/h3-4,7-8H,5-6,11H2,1-2H3. The molecule has 0 radical (unpaired) electrons. The summed E-state index contributed by atoms with van der Waals surface area (Å²) in [7, 11) is 1.76. The van der Waals surface area contributed by atoms with Crippen molar-refractivity contribution in [3.05, 3.63) is 24.2 Å². The normalized spacial score (nSPS) is 12.5. The van der Waals surface area contributed by atoms with Crippen LogP contribution in [0.1, 0.15) is 18.9 Å². The number of furan rings is 1. The SMILES string of the molecule is CC(N)CC(=O)N(C)Cc1ccoc1. The number of nitrogens with zero attached hydrogens (tertiary/aromatic N) is 1. The van der Waals surface area contributed by atoms with E-state index in [0.29, 0.717) is 13.0 Å². The Morgan fingerprint density at radius 3 is 2.93 bits per heavy atom. The molecule has 1 aromatic rings. The second-order valence-corrected chi connectivity index (χ2v) is 3.56. The highest BCUT2D eigenvalue weighted by atomic mass is 16.3. The molecule has 1 heterocycles. The Labute approximate surface area is 83.7 Å². The Morgan fingerprint density at radius 2 is 2.43 bits per heavy atom. The highest BCUT2D eigenvalue weighted by Crippen LogP contribution is 2.05. The van der Waals surface area contributed by atoms with Crippen LogP contribution in [-0.2, 0) is 11.3 Å². The highest BCUT2D eigenvalue weighted by molar-refractivity contribution is 5.76. The Balaban J connectivity index is 2.42. The minimum Gasteiger partial charge on any atom is -0.472 e. The molecule has 1 atom stereocenters. The largest absolute Gasteiger partial charge is 0.472 e. The van der Waals surface area contributed by atoms with Crippen LogP contribution in [0.25, 0.3) is 0 Å². The fraction of sp³-hybridized carbons (Fsp3) is 0.500. The third-order valence-corrected chi connectivity index (χ3v) is 1.92. The zero-order valence-electron chi connectivity index (χ0n) is 8.56. The van der Waals surface area contributed by atoms with Crippen molar-refractivity contribution in [2.45, 2.75) is 25.9 Å². The monoisotopic (exact) mass is 196 g/mol. The molecule has 0 fully saturated rings. The van der Waals surface area contributed by atoms with Crippen LogP contribution in [0.2, 0.25) is 0 Å². The summed E-state index contributed by atoms with van der Waals surface area (Å²) in [6.45, 7) is 2.39. The molecule has 1 amide bonds. The molecule has 1 rings (SSSR count). The molecule has 1 aromatic heterocycles. The second-order valence-electron chi connectivity index (χ2n) is 3.56. The molecule has 4 nitrogen and oxygen atoms in total. The molecule has 0 bridgehead atoms. The fourth-order valence-corrected chi connectivity index (χ4v) is 1.18. The van der Waals surface area contributed by atoms with Gasteiger partial charge in [0.1, 0.15) is 0 Å². The number of nitrogens with two attached hydrogens (primary N) is 1. The second kappa shape index (κ2) is 4.81. The van der Waals surface area contributed by atoms with Gasteiger partial charge in [-0.15, -0.1) is 0 Å². The predicted molar refractivity (Wildman–Crippen MR) is 53.4 cm³/mol. The molecule has 0 saturated heterocycles. The van der Waals surface area contributed by atoms with Crippen molar-refractivity contribution >= 4 is 5.91 Å². The minimum atomic E-state index is -0.0886. The maximum Gasteiger partial charge on any atom is 0.224 e. The van der Waals surface area contributed by atoms with Crippen LogP contribution < -0.4 is 5.73 Å². The summed E-state index contributed by atoms with van der Waals surface area (Å²) in [6, 6.07) is 1.75. The van der Waals surface area contributed by atoms with Gasteiger partial charge in [0.05, 0.1) is 12.5 Å². The number of hydrogen-bond acceptors (Lipinski definition) is 3. The maximum absolute atomic E-state index is 11.5. The van der Waals surface area contributed by atoms with Crippen molar-refractivity contribution in [2.24, 2.45) is 5.73 Å². The third-order valence-electron chi connectivity index (χ3n) is 1.92. The van der Waals surface area contributed by atoms with Crippen molar-refractivity contribution in [1.29, 1.82) is 0 Å². The molecular formula is C10H16N2O2. The lowest BCUT2D eigenvalue weighted by Crippen LogP contribution is -2.31. The van der Waals surface area contributed by atoms with E-state index in [1.807, 2.05) is 13.0 Å². The topological polar surface area (TPSA) is 59.5 Å². The molecule has 0 aliphatic heterocycles. The van der Waals surface area contributed by atoms with E-state index in [1.54, 1.807) is 24.5 Å². The zero-order valence-corrected chi connectivity index (χ0v) is 8.56. The Kier molecular flexibility index (Phi) is 3.71. The minimum absolute atomic E-state index is 0.0567. The molecular weight excluding hydrogens is 180 g/mol. The molecule has 78 valence electrons. The first-order valence-corrected chi connectivity index (χ1v) is 4.60. The average Bonchev–Trinajstić information content (AvgIpc) is 2.55. The quantitative estimate of drug-likeness (QED) is 0.780. The Morgan fingerprint density at radius 1 is 1.71 bits per heavy atom. The van der Waals surface area contributed by atoms with Gasteiger partial charge in [-0.2, -0.15) is 0 Å². The lowest BCUT2D eigenvalue weighted by Gasteiger charge is -2.17. The summed E-state index contributed by atoms with van der Waals surface area (Å²) in [5.41, 5.74) is 6.53. The molecule has 2 N–H and O–H groups in total. The van der Waals surface area contributed by atoms with Crippen LogP contribution in [0.4, 0.5) is 0 Å². The van der Waals surface area contributed by atoms with Crippen LogP contribution >= 0.6 is 0 Å². The summed E-state index contributed by atoms with van der Waals surface area (Å²) in [6.07, 6.45) is 3.61. The lowest BCUT2D eigenvalue weighted by atomic mass is 10.2. The van der Waals surface area contributed by atoms with E-state index in [-0.39, 0.29) is 11.9 Å². The van der Waals surface area contributed by atoms with Crippen LogP contribution in [0.5, 0.6) is 0 Å². The number of amides is 1. The number of carbonyl (C=O) groups excluding carboxylic acids is 1. The first-order chi connectivity index (χ1) is 6.59. The highest BCUT2D eigenvalue weighted by Gasteiger charge is 2.11. The van der Waals surface area contributed by atoms with Crippen molar-refractivity contribution in [1.82, 2.24) is 4.90 Å². The van der Waals surface area contributed by atoms with Crippen LogP contribution in [0.15, 0.2) is 23.0 Å². The Hall–Kier alpha value is -1.29. The first kappa shape index (κ1) is 10.8. The van der Waals surface area contributed by atoms with Crippen LogP contribution in [-0.4, -0.2) is 23.9 Å². The summed E-state index contributed by atoms with van der Waals surface area (Å²) in [4.78, 5) is 13.1. The summed E-state index contributed by atoms with van der Waals surface area (Å²) in [5.74, 6) is 0.0567. The van der Waals surface area contributed by atoms with Crippen molar-refractivity contribution in [2.75, 3.05) is 7.05 Å². The van der Waals surface area contributed by atoms with E-state index >= 15 is 0 Å². The van der Waals surface area contributed by atoms with Gasteiger partial charge in [-0.3, -0.25) is 4.79 Å². The molecule has 0 aromatic carbocycles. The average molecular weight is 196 g/mol. The van der Waals surface area contributed by atoms with Gasteiger partial charge in [-0.1, -0.05) is 0 Å². The molecule has 0 aliphatic rings. The molecule has 0 aliphatic carbocycles. The van der Waals surface area contributed by atoms with Crippen molar-refractivity contribution < 1.29 is 9.21 Å². The molecule has 0 spiro atoms. The molecule has 0 saturated carbocycles. The first-order valence-electron chi connectivity index (χ1n) is 4.60. The number of hydrogen-bond donors (Lipinski definition) is 1. The van der Waals surface area contributed by atoms with E-state index in [4.69, 9.17) is 10.2 Å². The smallest absolute Gasteiger partial charge is 0.224 e. The van der Waals surface area contributed by atoms with E-state index in [9.17, 15) is 4.79 Å². The van der Waals surface area contributed by atoms with Crippen molar-refractivity contribution in [3.63, 3.8) is 0 Å². The summed E-state index contributed by atoms with van der Waals surface area (Å²) in [5, 5.41) is 0. The van der Waals surface area contributed by atoms with Crippen LogP contribution in [0, 0.1) is 0 Å². The van der Waals surface area contributed by atoms with Gasteiger partial charge >= 0.3 is 0 Å². The molecule has 1 unspecified atom stereocenters. The van der Waals surface area contributed by atoms with Gasteiger partial charge in [0, 0.05) is 31.6 Å². The predicted octanol–water partition coefficient (Wildman–Crippen LogP) is 0.975. The molecule has 14 heavy (non-hydrogen) atoms. The van der Waals surface area contributed by atoms with E-state index in [1.165, 1.54) is 0 Å². The van der Waals surface area contributed by atoms with Gasteiger partial charge in [0.2, 0.25) is 5.91 Å². The fourth-order valence-electron chi connectivity index (χ4n) is 1.18. The molecule has 4 heteroatoms. The summed E-state index contributed by atoms with van der Waals surface area (Å²) >= 11 is 0. The maximum atomic E-state index is 11.5. The van der Waals surface area contributed by atoms with E-state index in [0.717, 1.165) is 5.56 Å². The Bertz CT molecular complexity index is 280.